The molecule has 1 aromatic heterocycles. The van der Waals surface area contributed by atoms with Gasteiger partial charge in [-0.1, -0.05) is 0 Å². The lowest BCUT2D eigenvalue weighted by atomic mass is 10.2. The SMILES string of the molecule is CC(NCC(N)C(=O)O)c1nncn1C. The molecule has 0 saturated heterocycles. The molecule has 84 valence electrons. The van der Waals surface area contributed by atoms with Crippen LogP contribution in [0.15, 0.2) is 6.33 Å². The molecule has 0 fully saturated rings. The van der Waals surface area contributed by atoms with Gasteiger partial charge in [0.15, 0.2) is 0 Å². The average molecular weight is 213 g/mol. The van der Waals surface area contributed by atoms with Crippen LogP contribution in [0.2, 0.25) is 0 Å². The van der Waals surface area contributed by atoms with E-state index in [9.17, 15) is 4.79 Å². The maximum atomic E-state index is 10.5. The highest BCUT2D eigenvalue weighted by Crippen LogP contribution is 2.06. The van der Waals surface area contributed by atoms with Crippen LogP contribution in [0.25, 0.3) is 0 Å². The smallest absolute Gasteiger partial charge is 0.321 e. The highest BCUT2D eigenvalue weighted by molar-refractivity contribution is 5.73. The summed E-state index contributed by atoms with van der Waals surface area (Å²) in [5.41, 5.74) is 5.35. The van der Waals surface area contributed by atoms with Crippen molar-refractivity contribution in [1.82, 2.24) is 20.1 Å². The van der Waals surface area contributed by atoms with Gasteiger partial charge in [0.05, 0.1) is 6.04 Å². The largest absolute Gasteiger partial charge is 0.480 e. The monoisotopic (exact) mass is 213 g/mol. The van der Waals surface area contributed by atoms with Crippen LogP contribution in [-0.2, 0) is 11.8 Å². The van der Waals surface area contributed by atoms with Crippen LogP contribution >= 0.6 is 0 Å². The maximum absolute atomic E-state index is 10.5. The lowest BCUT2D eigenvalue weighted by molar-refractivity contribution is -0.138. The molecular formula is C8H15N5O2. The van der Waals surface area contributed by atoms with Gasteiger partial charge < -0.3 is 20.7 Å². The molecule has 0 amide bonds. The van der Waals surface area contributed by atoms with Crippen LogP contribution in [-0.4, -0.2) is 38.4 Å². The van der Waals surface area contributed by atoms with Gasteiger partial charge in [0.2, 0.25) is 0 Å². The van der Waals surface area contributed by atoms with E-state index in [-0.39, 0.29) is 12.6 Å². The first-order chi connectivity index (χ1) is 7.02. The van der Waals surface area contributed by atoms with Crippen molar-refractivity contribution < 1.29 is 9.90 Å². The summed E-state index contributed by atoms with van der Waals surface area (Å²) in [5.74, 6) is -0.278. The molecule has 0 aromatic carbocycles. The Hall–Kier alpha value is -1.47. The van der Waals surface area contributed by atoms with Gasteiger partial charge in [0.1, 0.15) is 18.2 Å². The molecule has 0 aliphatic carbocycles. The number of aryl methyl sites for hydroxylation is 1. The average Bonchev–Trinajstić information content (AvgIpc) is 2.60. The van der Waals surface area contributed by atoms with Crippen LogP contribution in [0.5, 0.6) is 0 Å². The Morgan fingerprint density at radius 3 is 2.93 bits per heavy atom. The van der Waals surface area contributed by atoms with E-state index in [1.807, 2.05) is 14.0 Å². The van der Waals surface area contributed by atoms with E-state index in [1.165, 1.54) is 0 Å². The number of aliphatic carboxylic acids is 1. The van der Waals surface area contributed by atoms with Crippen LogP contribution in [0.4, 0.5) is 0 Å². The van der Waals surface area contributed by atoms with Crippen LogP contribution in [0.1, 0.15) is 18.8 Å². The third-order valence-electron chi connectivity index (χ3n) is 2.09. The normalized spacial score (nSPS) is 14.9. The Bertz CT molecular complexity index is 338. The van der Waals surface area contributed by atoms with Crippen molar-refractivity contribution in [3.05, 3.63) is 12.2 Å². The van der Waals surface area contributed by atoms with Gasteiger partial charge in [-0.15, -0.1) is 10.2 Å². The van der Waals surface area contributed by atoms with Crippen molar-refractivity contribution in [2.75, 3.05) is 6.54 Å². The minimum absolute atomic E-state index is 0.0806. The number of hydrogen-bond acceptors (Lipinski definition) is 5. The fourth-order valence-corrected chi connectivity index (χ4v) is 1.17. The summed E-state index contributed by atoms with van der Waals surface area (Å²) in [7, 11) is 1.82. The quantitative estimate of drug-likeness (QED) is 0.572. The molecular weight excluding hydrogens is 198 g/mol. The number of nitrogens with two attached hydrogens (primary N) is 1. The maximum Gasteiger partial charge on any atom is 0.321 e. The van der Waals surface area contributed by atoms with Gasteiger partial charge >= 0.3 is 5.97 Å². The molecule has 0 bridgehead atoms. The van der Waals surface area contributed by atoms with Gasteiger partial charge in [-0.25, -0.2) is 0 Å². The summed E-state index contributed by atoms with van der Waals surface area (Å²) in [6, 6.07) is -0.983. The lowest BCUT2D eigenvalue weighted by Crippen LogP contribution is -2.41. The van der Waals surface area contributed by atoms with Crippen molar-refractivity contribution >= 4 is 5.97 Å². The number of nitrogens with zero attached hydrogens (tertiary/aromatic N) is 3. The molecule has 0 aliphatic rings. The minimum Gasteiger partial charge on any atom is -0.480 e. The zero-order chi connectivity index (χ0) is 11.4. The number of nitrogens with one attached hydrogen (secondary N) is 1. The summed E-state index contributed by atoms with van der Waals surface area (Å²) in [4.78, 5) is 10.5. The molecule has 4 N–H and O–H groups in total. The Balaban J connectivity index is 2.47. The summed E-state index contributed by atoms with van der Waals surface area (Å²) < 4.78 is 1.77. The molecule has 0 spiro atoms. The Labute approximate surface area is 87.3 Å². The fourth-order valence-electron chi connectivity index (χ4n) is 1.17. The van der Waals surface area contributed by atoms with E-state index in [0.717, 1.165) is 5.82 Å². The molecule has 0 aliphatic heterocycles. The highest BCUT2D eigenvalue weighted by atomic mass is 16.4. The standard InChI is InChI=1S/C8H15N5O2/c1-5(7-12-11-4-13(7)2)10-3-6(9)8(14)15/h4-6,10H,3,9H2,1-2H3,(H,14,15). The number of hydrogen-bond donors (Lipinski definition) is 3. The van der Waals surface area contributed by atoms with E-state index < -0.39 is 12.0 Å². The van der Waals surface area contributed by atoms with E-state index in [0.29, 0.717) is 0 Å². The van der Waals surface area contributed by atoms with Crippen molar-refractivity contribution in [3.63, 3.8) is 0 Å². The predicted molar refractivity (Wildman–Crippen MR) is 53.0 cm³/mol. The van der Waals surface area contributed by atoms with Crippen LogP contribution in [0.3, 0.4) is 0 Å². The van der Waals surface area contributed by atoms with Crippen molar-refractivity contribution in [2.45, 2.75) is 19.0 Å². The van der Waals surface area contributed by atoms with Crippen molar-refractivity contribution in [3.8, 4) is 0 Å². The van der Waals surface area contributed by atoms with E-state index in [1.54, 1.807) is 10.9 Å². The summed E-state index contributed by atoms with van der Waals surface area (Å²) in [6.45, 7) is 2.07. The fraction of sp³-hybridized carbons (Fsp3) is 0.625. The lowest BCUT2D eigenvalue weighted by Gasteiger charge is -2.14. The summed E-state index contributed by atoms with van der Waals surface area (Å²) in [5, 5.41) is 19.2. The van der Waals surface area contributed by atoms with Crippen molar-refractivity contribution in [1.29, 1.82) is 0 Å². The molecule has 1 aromatic rings. The van der Waals surface area contributed by atoms with Crippen LogP contribution in [0, 0.1) is 0 Å². The Morgan fingerprint density at radius 2 is 2.47 bits per heavy atom. The van der Waals surface area contributed by atoms with Gasteiger partial charge in [-0.2, -0.15) is 0 Å². The summed E-state index contributed by atoms with van der Waals surface area (Å²) in [6.07, 6.45) is 1.59. The first-order valence-corrected chi connectivity index (χ1v) is 4.58. The number of rotatable bonds is 5. The topological polar surface area (TPSA) is 106 Å². The first-order valence-electron chi connectivity index (χ1n) is 4.58. The number of aromatic nitrogens is 3. The van der Waals surface area contributed by atoms with Gasteiger partial charge in [-0.05, 0) is 6.92 Å². The molecule has 1 rings (SSSR count). The van der Waals surface area contributed by atoms with E-state index in [4.69, 9.17) is 10.8 Å². The molecule has 7 heteroatoms. The molecule has 7 nitrogen and oxygen atoms in total. The van der Waals surface area contributed by atoms with Crippen molar-refractivity contribution in [2.24, 2.45) is 12.8 Å². The minimum atomic E-state index is -1.02. The Kier molecular flexibility index (Phi) is 3.75. The van der Waals surface area contributed by atoms with Gasteiger partial charge in [0, 0.05) is 13.6 Å². The first kappa shape index (κ1) is 11.6. The second-order valence-electron chi connectivity index (χ2n) is 3.37. The third-order valence-corrected chi connectivity index (χ3v) is 2.09. The molecule has 0 saturated carbocycles. The molecule has 15 heavy (non-hydrogen) atoms. The molecule has 2 unspecified atom stereocenters. The van der Waals surface area contributed by atoms with E-state index >= 15 is 0 Å². The molecule has 2 atom stereocenters. The van der Waals surface area contributed by atoms with Gasteiger partial charge in [-0.3, -0.25) is 4.79 Å². The van der Waals surface area contributed by atoms with Crippen LogP contribution < -0.4 is 11.1 Å². The number of carbonyl (C=O) groups is 1. The van der Waals surface area contributed by atoms with E-state index in [2.05, 4.69) is 15.5 Å². The molecule has 0 radical (unpaired) electrons. The zero-order valence-corrected chi connectivity index (χ0v) is 8.71. The second kappa shape index (κ2) is 4.85. The third kappa shape index (κ3) is 3.00. The highest BCUT2D eigenvalue weighted by Gasteiger charge is 2.15. The Morgan fingerprint density at radius 1 is 1.80 bits per heavy atom. The number of carboxylic acids is 1. The molecule has 1 heterocycles. The van der Waals surface area contributed by atoms with Gasteiger partial charge in [0.25, 0.3) is 0 Å². The second-order valence-corrected chi connectivity index (χ2v) is 3.37. The predicted octanol–water partition coefficient (Wildman–Crippen LogP) is -1.12. The zero-order valence-electron chi connectivity index (χ0n) is 8.71. The summed E-state index contributed by atoms with van der Waals surface area (Å²) >= 11 is 0. The number of carboxylic acid groups (broad SMARTS) is 1.